The number of hydrogen-bond donors (Lipinski definition) is 2. The molecule has 0 radical (unpaired) electrons. The Balaban J connectivity index is 0.00000169. The number of rotatable bonds is 4. The van der Waals surface area contributed by atoms with E-state index in [0.29, 0.717) is 16.0 Å². The van der Waals surface area contributed by atoms with Crippen LogP contribution in [0.5, 0.6) is 0 Å². The van der Waals surface area contributed by atoms with Crippen molar-refractivity contribution >= 4 is 65.3 Å². The van der Waals surface area contributed by atoms with Crippen molar-refractivity contribution in [2.45, 2.75) is 25.8 Å². The molecule has 2 heterocycles. The van der Waals surface area contributed by atoms with Crippen LogP contribution in [0.1, 0.15) is 19.0 Å². The molecule has 0 spiro atoms. The van der Waals surface area contributed by atoms with Crippen LogP contribution in [0.4, 0.5) is 0 Å². The summed E-state index contributed by atoms with van der Waals surface area (Å²) in [6.07, 6.45) is 1.37. The number of piperidine rings is 1. The molecule has 0 saturated carbocycles. The third kappa shape index (κ3) is 5.98. The van der Waals surface area contributed by atoms with Crippen LogP contribution in [-0.4, -0.2) is 30.0 Å². The zero-order chi connectivity index (χ0) is 17.1. The van der Waals surface area contributed by atoms with Gasteiger partial charge in [-0.25, -0.2) is 4.98 Å². The van der Waals surface area contributed by atoms with Gasteiger partial charge in [0.25, 0.3) is 0 Å². The summed E-state index contributed by atoms with van der Waals surface area (Å²) >= 11 is 13.6. The number of aromatic nitrogens is 1. The molecule has 2 unspecified atom stereocenters. The van der Waals surface area contributed by atoms with Crippen LogP contribution in [-0.2, 0) is 11.2 Å². The predicted octanol–water partition coefficient (Wildman–Crippen LogP) is 4.62. The Hall–Kier alpha value is -0.560. The first kappa shape index (κ1) is 23.5. The molecule has 0 aliphatic carbocycles. The van der Waals surface area contributed by atoms with Crippen LogP contribution in [0.25, 0.3) is 10.6 Å². The van der Waals surface area contributed by atoms with Gasteiger partial charge in [-0.3, -0.25) is 4.79 Å². The number of benzene rings is 1. The molecule has 1 amide bonds. The van der Waals surface area contributed by atoms with Crippen LogP contribution >= 0.6 is 59.4 Å². The maximum Gasteiger partial charge on any atom is 0.226 e. The topological polar surface area (TPSA) is 54.0 Å². The summed E-state index contributed by atoms with van der Waals surface area (Å²) in [6.45, 7) is 4.02. The molecule has 1 saturated heterocycles. The normalized spacial score (nSPS) is 19.2. The zero-order valence-electron chi connectivity index (χ0n) is 14.1. The average Bonchev–Trinajstić information content (AvgIpc) is 2.97. The first-order valence-corrected chi connectivity index (χ1v) is 9.56. The molecule has 3 rings (SSSR count). The lowest BCUT2D eigenvalue weighted by molar-refractivity contribution is -0.121. The summed E-state index contributed by atoms with van der Waals surface area (Å²) in [5, 5.41) is 10.3. The molecular weight excluding hydrogens is 436 g/mol. The lowest BCUT2D eigenvalue weighted by Crippen LogP contribution is -2.50. The second-order valence-electron chi connectivity index (χ2n) is 6.09. The van der Waals surface area contributed by atoms with Crippen molar-refractivity contribution in [3.8, 4) is 10.6 Å². The van der Waals surface area contributed by atoms with Gasteiger partial charge in [0.2, 0.25) is 5.91 Å². The first-order chi connectivity index (χ1) is 11.5. The molecule has 0 bridgehead atoms. The molecular formula is C17H21Cl4N3OS. The first-order valence-electron chi connectivity index (χ1n) is 7.93. The molecule has 1 aromatic heterocycles. The van der Waals surface area contributed by atoms with Gasteiger partial charge in [0.05, 0.1) is 17.1 Å². The van der Waals surface area contributed by atoms with Crippen LogP contribution in [0.2, 0.25) is 10.0 Å². The Kier molecular flexibility index (Phi) is 9.65. The summed E-state index contributed by atoms with van der Waals surface area (Å²) in [6, 6.07) is 5.52. The Morgan fingerprint density at radius 1 is 1.38 bits per heavy atom. The number of carbonyl (C=O) groups is 1. The van der Waals surface area contributed by atoms with Crippen molar-refractivity contribution in [2.24, 2.45) is 5.92 Å². The van der Waals surface area contributed by atoms with Gasteiger partial charge < -0.3 is 10.6 Å². The number of nitrogens with one attached hydrogen (secondary N) is 2. The highest BCUT2D eigenvalue weighted by Gasteiger charge is 2.23. The van der Waals surface area contributed by atoms with Crippen molar-refractivity contribution in [3.05, 3.63) is 39.3 Å². The number of carbonyl (C=O) groups excluding carboxylic acids is 1. The second kappa shape index (κ2) is 10.7. The van der Waals surface area contributed by atoms with E-state index in [1.54, 1.807) is 12.1 Å². The van der Waals surface area contributed by atoms with Crippen molar-refractivity contribution in [1.82, 2.24) is 15.6 Å². The van der Waals surface area contributed by atoms with E-state index >= 15 is 0 Å². The van der Waals surface area contributed by atoms with E-state index in [1.165, 1.54) is 11.3 Å². The van der Waals surface area contributed by atoms with Gasteiger partial charge in [-0.2, -0.15) is 0 Å². The summed E-state index contributed by atoms with van der Waals surface area (Å²) < 4.78 is 0. The maximum absolute atomic E-state index is 12.3. The van der Waals surface area contributed by atoms with Crippen molar-refractivity contribution in [2.75, 3.05) is 13.1 Å². The Labute approximate surface area is 179 Å². The molecule has 1 fully saturated rings. The van der Waals surface area contributed by atoms with Gasteiger partial charge in [-0.15, -0.1) is 36.2 Å². The number of amides is 1. The molecule has 144 valence electrons. The fraction of sp³-hybridized carbons (Fsp3) is 0.412. The van der Waals surface area contributed by atoms with Crippen LogP contribution in [0.15, 0.2) is 23.6 Å². The monoisotopic (exact) mass is 455 g/mol. The minimum atomic E-state index is 0. The van der Waals surface area contributed by atoms with Crippen LogP contribution in [0.3, 0.4) is 0 Å². The van der Waals surface area contributed by atoms with E-state index in [2.05, 4.69) is 22.5 Å². The fourth-order valence-corrected chi connectivity index (χ4v) is 4.19. The number of nitrogens with zero attached hydrogens (tertiary/aromatic N) is 1. The molecule has 1 aliphatic rings. The van der Waals surface area contributed by atoms with Crippen molar-refractivity contribution in [3.63, 3.8) is 0 Å². The van der Waals surface area contributed by atoms with E-state index < -0.39 is 0 Å². The molecule has 1 aromatic carbocycles. The van der Waals surface area contributed by atoms with Crippen LogP contribution < -0.4 is 10.6 Å². The average molecular weight is 457 g/mol. The molecule has 2 aromatic rings. The highest BCUT2D eigenvalue weighted by Crippen LogP contribution is 2.32. The van der Waals surface area contributed by atoms with Crippen molar-refractivity contribution in [1.29, 1.82) is 0 Å². The number of halogens is 4. The number of hydrogen-bond acceptors (Lipinski definition) is 4. The third-order valence-corrected chi connectivity index (χ3v) is 5.70. The lowest BCUT2D eigenvalue weighted by atomic mass is 9.95. The predicted molar refractivity (Wildman–Crippen MR) is 114 cm³/mol. The Bertz CT molecular complexity index is 741. The quantitative estimate of drug-likeness (QED) is 0.705. The molecule has 9 heteroatoms. The van der Waals surface area contributed by atoms with E-state index in [9.17, 15) is 4.79 Å². The standard InChI is InChI=1S/C17H19Cl2N3OS.2ClH/c1-10-4-5-20-8-15(10)22-16(23)7-12-9-24-17(21-12)13-3-2-11(18)6-14(13)19;;/h2-3,6,9-10,15,20H,4-5,7-8H2,1H3,(H,22,23);2*1H. The summed E-state index contributed by atoms with van der Waals surface area (Å²) in [5.41, 5.74) is 1.60. The number of thiazole rings is 1. The highest BCUT2D eigenvalue weighted by molar-refractivity contribution is 7.13. The second-order valence-corrected chi connectivity index (χ2v) is 7.79. The summed E-state index contributed by atoms with van der Waals surface area (Å²) in [4.78, 5) is 16.8. The molecule has 26 heavy (non-hydrogen) atoms. The summed E-state index contributed by atoms with van der Waals surface area (Å²) in [7, 11) is 0. The molecule has 2 atom stereocenters. The van der Waals surface area contributed by atoms with E-state index in [-0.39, 0.29) is 43.2 Å². The van der Waals surface area contributed by atoms with Gasteiger partial charge in [0, 0.05) is 28.6 Å². The van der Waals surface area contributed by atoms with Crippen LogP contribution in [0, 0.1) is 5.92 Å². The van der Waals surface area contributed by atoms with Crippen molar-refractivity contribution < 1.29 is 4.79 Å². The van der Waals surface area contributed by atoms with Gasteiger partial charge in [-0.05, 0) is 37.1 Å². The van der Waals surface area contributed by atoms with Gasteiger partial charge in [0.1, 0.15) is 5.01 Å². The van der Waals surface area contributed by atoms with Gasteiger partial charge >= 0.3 is 0 Å². The fourth-order valence-electron chi connectivity index (χ4n) is 2.78. The Morgan fingerprint density at radius 3 is 2.85 bits per heavy atom. The van der Waals surface area contributed by atoms with E-state index in [1.807, 2.05) is 11.4 Å². The lowest BCUT2D eigenvalue weighted by Gasteiger charge is -2.30. The minimum absolute atomic E-state index is 0. The molecule has 4 nitrogen and oxygen atoms in total. The zero-order valence-corrected chi connectivity index (χ0v) is 18.1. The minimum Gasteiger partial charge on any atom is -0.351 e. The smallest absolute Gasteiger partial charge is 0.226 e. The largest absolute Gasteiger partial charge is 0.351 e. The summed E-state index contributed by atoms with van der Waals surface area (Å²) in [5.74, 6) is 0.503. The van der Waals surface area contributed by atoms with Gasteiger partial charge in [0.15, 0.2) is 0 Å². The van der Waals surface area contributed by atoms with E-state index in [0.717, 1.165) is 35.8 Å². The highest BCUT2D eigenvalue weighted by atomic mass is 35.5. The SMILES string of the molecule is CC1CCNCC1NC(=O)Cc1csc(-c2ccc(Cl)cc2Cl)n1.Cl.Cl. The Morgan fingerprint density at radius 2 is 2.15 bits per heavy atom. The van der Waals surface area contributed by atoms with Gasteiger partial charge in [-0.1, -0.05) is 30.1 Å². The maximum atomic E-state index is 12.3. The molecule has 2 N–H and O–H groups in total. The molecule has 1 aliphatic heterocycles. The third-order valence-electron chi connectivity index (χ3n) is 4.23. The van der Waals surface area contributed by atoms with E-state index in [4.69, 9.17) is 23.2 Å².